The van der Waals surface area contributed by atoms with E-state index in [4.69, 9.17) is 11.6 Å². The number of thiazole rings is 1. The third-order valence-electron chi connectivity index (χ3n) is 4.67. The van der Waals surface area contributed by atoms with Crippen LogP contribution in [0.5, 0.6) is 0 Å². The summed E-state index contributed by atoms with van der Waals surface area (Å²) >= 11 is 7.50. The van der Waals surface area contributed by atoms with E-state index in [2.05, 4.69) is 29.5 Å². The van der Waals surface area contributed by atoms with Gasteiger partial charge in [-0.15, -0.1) is 11.3 Å². The van der Waals surface area contributed by atoms with Gasteiger partial charge in [0.15, 0.2) is 0 Å². The first-order valence-corrected chi connectivity index (χ1v) is 10.5. The number of hydrogen-bond acceptors (Lipinski definition) is 4. The molecule has 0 radical (unpaired) electrons. The monoisotopic (exact) mass is 405 g/mol. The first-order valence-electron chi connectivity index (χ1n) is 9.25. The van der Waals surface area contributed by atoms with Gasteiger partial charge in [0.25, 0.3) is 5.91 Å². The van der Waals surface area contributed by atoms with E-state index in [0.717, 1.165) is 30.7 Å². The number of carbonyl (C=O) groups excluding carboxylic acids is 2. The Morgan fingerprint density at radius 3 is 2.67 bits per heavy atom. The van der Waals surface area contributed by atoms with Gasteiger partial charge in [0.2, 0.25) is 5.91 Å². The number of anilines is 1. The molecule has 0 unspecified atom stereocenters. The van der Waals surface area contributed by atoms with Crippen LogP contribution in [-0.2, 0) is 4.79 Å². The van der Waals surface area contributed by atoms with E-state index < -0.39 is 0 Å². The minimum Gasteiger partial charge on any atom is -0.347 e. The van der Waals surface area contributed by atoms with Crippen LogP contribution in [0.2, 0.25) is 5.02 Å². The molecule has 1 aliphatic rings. The number of nitrogens with one attached hydrogen (secondary N) is 2. The molecule has 0 saturated heterocycles. The molecule has 0 spiro atoms. The van der Waals surface area contributed by atoms with E-state index in [0.29, 0.717) is 22.3 Å². The van der Waals surface area contributed by atoms with E-state index in [1.807, 2.05) is 6.07 Å². The molecule has 1 aromatic heterocycles. The Kier molecular flexibility index (Phi) is 6.50. The average Bonchev–Trinajstić information content (AvgIpc) is 3.04. The Morgan fingerprint density at radius 2 is 2.04 bits per heavy atom. The second kappa shape index (κ2) is 8.85. The van der Waals surface area contributed by atoms with Gasteiger partial charge in [-0.25, -0.2) is 4.98 Å². The van der Waals surface area contributed by atoms with Crippen molar-refractivity contribution in [2.24, 2.45) is 11.8 Å². The van der Waals surface area contributed by atoms with Gasteiger partial charge < -0.3 is 10.6 Å². The van der Waals surface area contributed by atoms with Crippen LogP contribution >= 0.6 is 22.9 Å². The minimum absolute atomic E-state index is 0.101. The van der Waals surface area contributed by atoms with E-state index >= 15 is 0 Å². The standard InChI is InChI=1S/C20H24ClN3O2S/c1-12(2)10-16(23-18(25)13-6-5-7-13)20-24-17(11-27-20)19(26)22-15-9-4-3-8-14(15)21/h3-4,8-9,11-13,16H,5-7,10H2,1-2H3,(H,22,26)(H,23,25)/t16-/m0/s1. The molecular formula is C20H24ClN3O2S. The number of aromatic nitrogens is 1. The molecule has 3 rings (SSSR count). The van der Waals surface area contributed by atoms with Crippen LogP contribution < -0.4 is 10.6 Å². The third kappa shape index (κ3) is 5.08. The van der Waals surface area contributed by atoms with Crippen LogP contribution in [0, 0.1) is 11.8 Å². The Morgan fingerprint density at radius 1 is 1.30 bits per heavy atom. The Balaban J connectivity index is 1.71. The van der Waals surface area contributed by atoms with Crippen molar-refractivity contribution in [3.8, 4) is 0 Å². The normalized spacial score (nSPS) is 15.3. The molecule has 27 heavy (non-hydrogen) atoms. The van der Waals surface area contributed by atoms with Gasteiger partial charge in [0.05, 0.1) is 16.8 Å². The molecule has 1 aromatic carbocycles. The molecule has 0 bridgehead atoms. The molecule has 2 aromatic rings. The van der Waals surface area contributed by atoms with Crippen LogP contribution in [-0.4, -0.2) is 16.8 Å². The topological polar surface area (TPSA) is 71.1 Å². The highest BCUT2D eigenvalue weighted by atomic mass is 35.5. The largest absolute Gasteiger partial charge is 0.347 e. The summed E-state index contributed by atoms with van der Waals surface area (Å²) in [5, 5.41) is 8.89. The highest BCUT2D eigenvalue weighted by Crippen LogP contribution is 2.30. The Bertz CT molecular complexity index is 817. The first kappa shape index (κ1) is 19.8. The van der Waals surface area contributed by atoms with Crippen molar-refractivity contribution in [3.05, 3.63) is 45.4 Å². The summed E-state index contributed by atoms with van der Waals surface area (Å²) in [7, 11) is 0. The van der Waals surface area contributed by atoms with E-state index in [1.165, 1.54) is 11.3 Å². The van der Waals surface area contributed by atoms with Gasteiger partial charge in [-0.2, -0.15) is 0 Å². The number of hydrogen-bond donors (Lipinski definition) is 2. The predicted molar refractivity (Wildman–Crippen MR) is 109 cm³/mol. The number of para-hydroxylation sites is 1. The quantitative estimate of drug-likeness (QED) is 0.676. The summed E-state index contributed by atoms with van der Waals surface area (Å²) in [5.41, 5.74) is 0.886. The van der Waals surface area contributed by atoms with Crippen molar-refractivity contribution in [1.29, 1.82) is 0 Å². The van der Waals surface area contributed by atoms with Crippen molar-refractivity contribution in [2.75, 3.05) is 5.32 Å². The lowest BCUT2D eigenvalue weighted by molar-refractivity contribution is -0.128. The van der Waals surface area contributed by atoms with Crippen molar-refractivity contribution in [3.63, 3.8) is 0 Å². The van der Waals surface area contributed by atoms with E-state index in [9.17, 15) is 9.59 Å². The SMILES string of the molecule is CC(C)C[C@H](NC(=O)C1CCC1)c1nc(C(=O)Nc2ccccc2Cl)cs1. The number of halogens is 1. The molecule has 1 aliphatic carbocycles. The lowest BCUT2D eigenvalue weighted by Gasteiger charge is -2.27. The Labute approximate surface area is 168 Å². The number of amides is 2. The van der Waals surface area contributed by atoms with Gasteiger partial charge >= 0.3 is 0 Å². The molecule has 2 amide bonds. The van der Waals surface area contributed by atoms with E-state index in [1.54, 1.807) is 23.6 Å². The fraction of sp³-hybridized carbons (Fsp3) is 0.450. The maximum atomic E-state index is 12.5. The molecule has 5 nitrogen and oxygen atoms in total. The van der Waals surface area contributed by atoms with Crippen LogP contribution in [0.1, 0.15) is 61.1 Å². The van der Waals surface area contributed by atoms with Crippen LogP contribution in [0.15, 0.2) is 29.6 Å². The van der Waals surface area contributed by atoms with Gasteiger partial charge in [-0.3, -0.25) is 9.59 Å². The summed E-state index contributed by atoms with van der Waals surface area (Å²) < 4.78 is 0. The highest BCUT2D eigenvalue weighted by Gasteiger charge is 2.29. The zero-order valence-corrected chi connectivity index (χ0v) is 17.1. The van der Waals surface area contributed by atoms with Gasteiger partial charge in [0.1, 0.15) is 10.7 Å². The maximum Gasteiger partial charge on any atom is 0.275 e. The van der Waals surface area contributed by atoms with Gasteiger partial charge in [0, 0.05) is 11.3 Å². The molecule has 1 heterocycles. The molecule has 2 N–H and O–H groups in total. The van der Waals surface area contributed by atoms with Crippen molar-refractivity contribution in [1.82, 2.24) is 10.3 Å². The number of benzene rings is 1. The molecule has 0 aliphatic heterocycles. The number of nitrogens with zero attached hydrogens (tertiary/aromatic N) is 1. The molecule has 1 fully saturated rings. The molecule has 1 atom stereocenters. The summed E-state index contributed by atoms with van der Waals surface area (Å²) in [6.07, 6.45) is 3.83. The fourth-order valence-corrected chi connectivity index (χ4v) is 4.00. The number of carbonyl (C=O) groups is 2. The van der Waals surface area contributed by atoms with Gasteiger partial charge in [-0.1, -0.05) is 44.0 Å². The minimum atomic E-state index is -0.306. The second-order valence-electron chi connectivity index (χ2n) is 7.32. The lowest BCUT2D eigenvalue weighted by atomic mass is 9.84. The lowest BCUT2D eigenvalue weighted by Crippen LogP contribution is -2.37. The zero-order chi connectivity index (χ0) is 19.4. The van der Waals surface area contributed by atoms with Crippen molar-refractivity contribution < 1.29 is 9.59 Å². The summed E-state index contributed by atoms with van der Waals surface area (Å²) in [5.74, 6) is 0.326. The van der Waals surface area contributed by atoms with Crippen molar-refractivity contribution >= 4 is 40.4 Å². The van der Waals surface area contributed by atoms with Crippen LogP contribution in [0.3, 0.4) is 0 Å². The fourth-order valence-electron chi connectivity index (χ4n) is 2.95. The Hall–Kier alpha value is -1.92. The summed E-state index contributed by atoms with van der Waals surface area (Å²) in [4.78, 5) is 29.4. The summed E-state index contributed by atoms with van der Waals surface area (Å²) in [6.45, 7) is 4.22. The smallest absolute Gasteiger partial charge is 0.275 e. The summed E-state index contributed by atoms with van der Waals surface area (Å²) in [6, 6.07) is 6.92. The molecule has 1 saturated carbocycles. The van der Waals surface area contributed by atoms with E-state index in [-0.39, 0.29) is 23.8 Å². The highest BCUT2D eigenvalue weighted by molar-refractivity contribution is 7.10. The van der Waals surface area contributed by atoms with Gasteiger partial charge in [-0.05, 0) is 37.3 Å². The number of rotatable bonds is 7. The first-order chi connectivity index (χ1) is 12.9. The molecular weight excluding hydrogens is 382 g/mol. The third-order valence-corrected chi connectivity index (χ3v) is 5.96. The predicted octanol–water partition coefficient (Wildman–Crippen LogP) is 5.05. The van der Waals surface area contributed by atoms with Crippen LogP contribution in [0.25, 0.3) is 0 Å². The average molecular weight is 406 g/mol. The molecule has 7 heteroatoms. The van der Waals surface area contributed by atoms with Crippen LogP contribution in [0.4, 0.5) is 5.69 Å². The molecule has 144 valence electrons. The zero-order valence-electron chi connectivity index (χ0n) is 15.5. The second-order valence-corrected chi connectivity index (χ2v) is 8.62. The van der Waals surface area contributed by atoms with Crippen molar-refractivity contribution in [2.45, 2.75) is 45.6 Å². The maximum absolute atomic E-state index is 12.5.